The first-order chi connectivity index (χ1) is 7.67. The van der Waals surface area contributed by atoms with Crippen molar-refractivity contribution in [3.05, 3.63) is 28.5 Å². The number of hydrogen-bond donors (Lipinski definition) is 1. The smallest absolute Gasteiger partial charge is 0.230 e. The molecule has 1 amide bonds. The molecule has 1 aromatic rings. The SMILES string of the molecule is NC(=O)C1(c2ccc(Br)cn2)C2COCC21. The number of carbonyl (C=O) groups is 1. The maximum absolute atomic E-state index is 11.7. The van der Waals surface area contributed by atoms with Crippen molar-refractivity contribution in [1.82, 2.24) is 4.98 Å². The molecule has 0 bridgehead atoms. The van der Waals surface area contributed by atoms with Gasteiger partial charge in [-0.3, -0.25) is 9.78 Å². The Morgan fingerprint density at radius 2 is 2.19 bits per heavy atom. The molecule has 4 nitrogen and oxygen atoms in total. The largest absolute Gasteiger partial charge is 0.381 e. The molecule has 5 heteroatoms. The molecule has 2 unspecified atom stereocenters. The van der Waals surface area contributed by atoms with Crippen molar-refractivity contribution in [1.29, 1.82) is 0 Å². The zero-order chi connectivity index (χ0) is 11.3. The zero-order valence-corrected chi connectivity index (χ0v) is 10.1. The lowest BCUT2D eigenvalue weighted by atomic mass is 9.95. The first-order valence-corrected chi connectivity index (χ1v) is 5.96. The van der Waals surface area contributed by atoms with Crippen LogP contribution in [0.5, 0.6) is 0 Å². The Morgan fingerprint density at radius 1 is 1.50 bits per heavy atom. The van der Waals surface area contributed by atoms with Gasteiger partial charge in [-0.05, 0) is 28.1 Å². The van der Waals surface area contributed by atoms with E-state index in [0.29, 0.717) is 13.2 Å². The van der Waals surface area contributed by atoms with Crippen LogP contribution in [-0.4, -0.2) is 24.1 Å². The lowest BCUT2D eigenvalue weighted by molar-refractivity contribution is -0.122. The van der Waals surface area contributed by atoms with Gasteiger partial charge in [-0.1, -0.05) is 0 Å². The van der Waals surface area contributed by atoms with Gasteiger partial charge in [-0.25, -0.2) is 0 Å². The summed E-state index contributed by atoms with van der Waals surface area (Å²) in [5.41, 5.74) is 5.76. The summed E-state index contributed by atoms with van der Waals surface area (Å²) >= 11 is 3.33. The van der Waals surface area contributed by atoms with Gasteiger partial charge in [0.15, 0.2) is 0 Å². The second kappa shape index (κ2) is 3.28. The number of nitrogens with zero attached hydrogens (tertiary/aromatic N) is 1. The molecule has 1 aliphatic carbocycles. The number of primary amides is 1. The van der Waals surface area contributed by atoms with Gasteiger partial charge in [0.25, 0.3) is 0 Å². The highest BCUT2D eigenvalue weighted by atomic mass is 79.9. The van der Waals surface area contributed by atoms with Crippen LogP contribution in [0.15, 0.2) is 22.8 Å². The summed E-state index contributed by atoms with van der Waals surface area (Å²) < 4.78 is 6.21. The molecule has 2 N–H and O–H groups in total. The average molecular weight is 283 g/mol. The third kappa shape index (κ3) is 1.13. The lowest BCUT2D eigenvalue weighted by Gasteiger charge is -2.16. The van der Waals surface area contributed by atoms with Gasteiger partial charge in [-0.15, -0.1) is 0 Å². The van der Waals surface area contributed by atoms with Gasteiger partial charge in [-0.2, -0.15) is 0 Å². The third-order valence-corrected chi connectivity index (χ3v) is 4.17. The number of pyridine rings is 1. The van der Waals surface area contributed by atoms with Crippen LogP contribution in [0.25, 0.3) is 0 Å². The molecular formula is C11H11BrN2O2. The van der Waals surface area contributed by atoms with Crippen LogP contribution in [0.4, 0.5) is 0 Å². The first kappa shape index (κ1) is 10.2. The normalized spacial score (nSPS) is 35.8. The molecule has 1 saturated heterocycles. The van der Waals surface area contributed by atoms with E-state index in [1.54, 1.807) is 6.20 Å². The van der Waals surface area contributed by atoms with E-state index >= 15 is 0 Å². The minimum absolute atomic E-state index is 0.221. The van der Waals surface area contributed by atoms with E-state index < -0.39 is 5.41 Å². The Labute approximate surface area is 101 Å². The van der Waals surface area contributed by atoms with Gasteiger partial charge in [0.2, 0.25) is 5.91 Å². The number of ether oxygens (including phenoxy) is 1. The Kier molecular flexibility index (Phi) is 2.09. The number of nitrogens with two attached hydrogens (primary N) is 1. The standard InChI is InChI=1S/C11H11BrN2O2/c12-6-1-2-9(14-3-6)11(10(13)15)7-4-16-5-8(7)11/h1-3,7-8H,4-5H2,(H2,13,15). The molecule has 2 atom stereocenters. The van der Waals surface area contributed by atoms with Crippen LogP contribution in [0.3, 0.4) is 0 Å². The molecule has 2 fully saturated rings. The van der Waals surface area contributed by atoms with Crippen molar-refractivity contribution in [3.63, 3.8) is 0 Å². The highest BCUT2D eigenvalue weighted by molar-refractivity contribution is 9.10. The number of aromatic nitrogens is 1. The highest BCUT2D eigenvalue weighted by Crippen LogP contribution is 2.62. The summed E-state index contributed by atoms with van der Waals surface area (Å²) in [5.74, 6) is 0.165. The van der Waals surface area contributed by atoms with Crippen molar-refractivity contribution in [2.45, 2.75) is 5.41 Å². The number of carbonyl (C=O) groups excluding carboxylic acids is 1. The molecule has 3 rings (SSSR count). The predicted molar refractivity (Wildman–Crippen MR) is 60.6 cm³/mol. The highest BCUT2D eigenvalue weighted by Gasteiger charge is 2.72. The minimum Gasteiger partial charge on any atom is -0.381 e. The molecule has 0 aromatic carbocycles. The van der Waals surface area contributed by atoms with Crippen LogP contribution in [0.1, 0.15) is 5.69 Å². The topological polar surface area (TPSA) is 65.2 Å². The maximum atomic E-state index is 11.7. The zero-order valence-electron chi connectivity index (χ0n) is 8.52. The summed E-state index contributed by atoms with van der Waals surface area (Å²) in [4.78, 5) is 16.0. The summed E-state index contributed by atoms with van der Waals surface area (Å²) in [6.07, 6.45) is 1.70. The predicted octanol–water partition coefficient (Wildman–Crippen LogP) is 0.843. The Morgan fingerprint density at radius 3 is 2.69 bits per heavy atom. The summed E-state index contributed by atoms with van der Waals surface area (Å²) in [5, 5.41) is 0. The molecular weight excluding hydrogens is 272 g/mol. The second-order valence-electron chi connectivity index (χ2n) is 4.35. The van der Waals surface area contributed by atoms with Crippen molar-refractivity contribution < 1.29 is 9.53 Å². The second-order valence-corrected chi connectivity index (χ2v) is 5.26. The van der Waals surface area contributed by atoms with E-state index in [9.17, 15) is 4.79 Å². The third-order valence-electron chi connectivity index (χ3n) is 3.70. The quantitative estimate of drug-likeness (QED) is 0.874. The fourth-order valence-corrected chi connectivity index (χ4v) is 3.08. The molecule has 1 saturated carbocycles. The van der Waals surface area contributed by atoms with Gasteiger partial charge >= 0.3 is 0 Å². The summed E-state index contributed by atoms with van der Waals surface area (Å²) in [7, 11) is 0. The monoisotopic (exact) mass is 282 g/mol. The van der Waals surface area contributed by atoms with Crippen molar-refractivity contribution in [2.24, 2.45) is 17.6 Å². The first-order valence-electron chi connectivity index (χ1n) is 5.17. The fourth-order valence-electron chi connectivity index (χ4n) is 2.85. The van der Waals surface area contributed by atoms with Crippen LogP contribution < -0.4 is 5.73 Å². The average Bonchev–Trinajstić information content (AvgIpc) is 2.67. The summed E-state index contributed by atoms with van der Waals surface area (Å²) in [6, 6.07) is 3.76. The van der Waals surface area contributed by atoms with E-state index in [0.717, 1.165) is 10.2 Å². The molecule has 0 radical (unpaired) electrons. The van der Waals surface area contributed by atoms with E-state index in [-0.39, 0.29) is 17.7 Å². The van der Waals surface area contributed by atoms with E-state index in [1.807, 2.05) is 12.1 Å². The Bertz CT molecular complexity index is 436. The van der Waals surface area contributed by atoms with E-state index in [2.05, 4.69) is 20.9 Å². The van der Waals surface area contributed by atoms with Crippen LogP contribution in [-0.2, 0) is 14.9 Å². The molecule has 2 aliphatic rings. The molecule has 84 valence electrons. The number of rotatable bonds is 2. The van der Waals surface area contributed by atoms with Crippen molar-refractivity contribution >= 4 is 21.8 Å². The Hall–Kier alpha value is -0.940. The molecule has 1 aromatic heterocycles. The molecule has 16 heavy (non-hydrogen) atoms. The minimum atomic E-state index is -0.570. The number of fused-ring (bicyclic) bond motifs is 1. The van der Waals surface area contributed by atoms with Gasteiger partial charge in [0.05, 0.1) is 18.9 Å². The van der Waals surface area contributed by atoms with Crippen LogP contribution in [0, 0.1) is 11.8 Å². The number of amides is 1. The van der Waals surface area contributed by atoms with Crippen molar-refractivity contribution in [3.8, 4) is 0 Å². The Balaban J connectivity index is 2.03. The maximum Gasteiger partial charge on any atom is 0.230 e. The van der Waals surface area contributed by atoms with E-state index in [1.165, 1.54) is 0 Å². The molecule has 1 aliphatic heterocycles. The lowest BCUT2D eigenvalue weighted by Crippen LogP contribution is -2.35. The van der Waals surface area contributed by atoms with Crippen LogP contribution >= 0.6 is 15.9 Å². The molecule has 2 heterocycles. The molecule has 0 spiro atoms. The fraction of sp³-hybridized carbons (Fsp3) is 0.455. The van der Waals surface area contributed by atoms with Gasteiger partial charge < -0.3 is 10.5 Å². The number of hydrogen-bond acceptors (Lipinski definition) is 3. The van der Waals surface area contributed by atoms with Crippen molar-refractivity contribution in [2.75, 3.05) is 13.2 Å². The van der Waals surface area contributed by atoms with Gasteiger partial charge in [0.1, 0.15) is 5.41 Å². The summed E-state index contributed by atoms with van der Waals surface area (Å²) in [6.45, 7) is 1.23. The number of halogens is 1. The van der Waals surface area contributed by atoms with Crippen LogP contribution in [0.2, 0.25) is 0 Å². The van der Waals surface area contributed by atoms with E-state index in [4.69, 9.17) is 10.5 Å². The van der Waals surface area contributed by atoms with Gasteiger partial charge in [0, 0.05) is 22.5 Å².